The molecule has 33 heavy (non-hydrogen) atoms. The molecule has 0 spiro atoms. The fraction of sp³-hybridized carbons (Fsp3) is 0.0417. The minimum absolute atomic E-state index is 0.256. The minimum atomic E-state index is -4.80. The van der Waals surface area contributed by atoms with Gasteiger partial charge in [0.05, 0.1) is 21.8 Å². The van der Waals surface area contributed by atoms with Gasteiger partial charge in [-0.15, -0.1) is 11.3 Å². The Bertz CT molecular complexity index is 1360. The van der Waals surface area contributed by atoms with E-state index in [9.17, 15) is 18.0 Å². The third kappa shape index (κ3) is 3.98. The first kappa shape index (κ1) is 20.9. The van der Waals surface area contributed by atoms with Crippen molar-refractivity contribution in [2.24, 2.45) is 5.10 Å². The lowest BCUT2D eigenvalue weighted by molar-refractivity contribution is -0.114. The second-order valence-electron chi connectivity index (χ2n) is 7.15. The van der Waals surface area contributed by atoms with Crippen LogP contribution in [0.1, 0.15) is 5.56 Å². The molecule has 1 aliphatic rings. The van der Waals surface area contributed by atoms with E-state index in [0.717, 1.165) is 15.6 Å². The lowest BCUT2D eigenvalue weighted by Crippen LogP contribution is -2.25. The third-order valence-electron chi connectivity index (χ3n) is 4.96. The molecule has 3 heterocycles. The predicted molar refractivity (Wildman–Crippen MR) is 122 cm³/mol. The van der Waals surface area contributed by atoms with E-state index < -0.39 is 23.4 Å². The van der Waals surface area contributed by atoms with Crippen LogP contribution in [0.2, 0.25) is 0 Å². The van der Waals surface area contributed by atoms with Crippen LogP contribution >= 0.6 is 11.3 Å². The summed E-state index contributed by atoms with van der Waals surface area (Å²) in [6.07, 6.45) is -1.97. The van der Waals surface area contributed by atoms with Crippen LogP contribution in [-0.2, 0) is 4.79 Å². The van der Waals surface area contributed by atoms with Crippen molar-refractivity contribution < 1.29 is 18.0 Å². The Balaban J connectivity index is 1.65. The van der Waals surface area contributed by atoms with Gasteiger partial charge in [0.15, 0.2) is 5.71 Å². The Labute approximate surface area is 190 Å². The highest BCUT2D eigenvalue weighted by Gasteiger charge is 2.47. The molecule has 0 saturated heterocycles. The van der Waals surface area contributed by atoms with Crippen LogP contribution in [0.5, 0.6) is 0 Å². The molecule has 0 bridgehead atoms. The van der Waals surface area contributed by atoms with Crippen molar-refractivity contribution in [2.45, 2.75) is 6.18 Å². The van der Waals surface area contributed by atoms with Gasteiger partial charge in [-0.2, -0.15) is 28.4 Å². The zero-order valence-electron chi connectivity index (χ0n) is 16.9. The molecule has 9 heteroatoms. The Hall–Kier alpha value is -3.98. The summed E-state index contributed by atoms with van der Waals surface area (Å²) < 4.78 is 43.1. The van der Waals surface area contributed by atoms with Gasteiger partial charge in [0.1, 0.15) is 5.69 Å². The van der Waals surface area contributed by atoms with E-state index >= 15 is 0 Å². The van der Waals surface area contributed by atoms with E-state index in [1.807, 2.05) is 47.8 Å². The van der Waals surface area contributed by atoms with E-state index in [1.165, 1.54) is 29.5 Å². The van der Waals surface area contributed by atoms with Crippen LogP contribution in [0, 0.1) is 0 Å². The van der Waals surface area contributed by atoms with Crippen LogP contribution in [0.3, 0.4) is 0 Å². The van der Waals surface area contributed by atoms with Crippen LogP contribution < -0.4 is 5.01 Å². The zero-order chi connectivity index (χ0) is 23.0. The molecule has 0 unspecified atom stereocenters. The average Bonchev–Trinajstić information content (AvgIpc) is 3.55. The van der Waals surface area contributed by atoms with Crippen LogP contribution in [0.4, 0.5) is 18.9 Å². The van der Waals surface area contributed by atoms with Gasteiger partial charge in [0.2, 0.25) is 0 Å². The summed E-state index contributed by atoms with van der Waals surface area (Å²) >= 11 is 1.41. The minimum Gasteiger partial charge on any atom is -0.267 e. The quantitative estimate of drug-likeness (QED) is 0.351. The zero-order valence-corrected chi connectivity index (χ0v) is 17.7. The summed E-state index contributed by atoms with van der Waals surface area (Å²) in [5.74, 6) is -0.849. The molecule has 0 atom stereocenters. The Morgan fingerprint density at radius 1 is 0.879 bits per heavy atom. The SMILES string of the molecule is O=C1C(=Cc2cn(-c3ccccc3)nc2-c2cccs2)C(C(F)(F)F)=NN1c1ccccc1. The molecule has 164 valence electrons. The number of alkyl halides is 3. The van der Waals surface area contributed by atoms with Crippen LogP contribution in [-0.4, -0.2) is 27.6 Å². The van der Waals surface area contributed by atoms with Crippen molar-refractivity contribution in [1.29, 1.82) is 0 Å². The second kappa shape index (κ2) is 8.18. The largest absolute Gasteiger partial charge is 0.435 e. The van der Waals surface area contributed by atoms with Crippen molar-refractivity contribution in [3.8, 4) is 16.3 Å². The molecule has 0 N–H and O–H groups in total. The molecular weight excluding hydrogens is 449 g/mol. The molecule has 5 nitrogen and oxygen atoms in total. The van der Waals surface area contributed by atoms with Crippen molar-refractivity contribution >= 4 is 34.7 Å². The van der Waals surface area contributed by atoms with E-state index in [4.69, 9.17) is 0 Å². The summed E-state index contributed by atoms with van der Waals surface area (Å²) in [7, 11) is 0. The monoisotopic (exact) mass is 464 g/mol. The molecule has 1 aliphatic heterocycles. The molecule has 2 aromatic heterocycles. The van der Waals surface area contributed by atoms with Gasteiger partial charge >= 0.3 is 6.18 Å². The number of benzene rings is 2. The maximum atomic E-state index is 13.9. The summed E-state index contributed by atoms with van der Waals surface area (Å²) in [5, 5.41) is 10.9. The number of hydrogen-bond acceptors (Lipinski definition) is 4. The normalized spacial score (nSPS) is 15.4. The van der Waals surface area contributed by atoms with Gasteiger partial charge in [-0.05, 0) is 41.8 Å². The lowest BCUT2D eigenvalue weighted by Gasteiger charge is -2.10. The number of halogens is 3. The first-order chi connectivity index (χ1) is 15.9. The summed E-state index contributed by atoms with van der Waals surface area (Å²) in [5.41, 5.74) is 0.0995. The van der Waals surface area contributed by atoms with Crippen LogP contribution in [0.25, 0.3) is 22.3 Å². The number of thiophene rings is 1. The highest BCUT2D eigenvalue weighted by atomic mass is 32.1. The average molecular weight is 464 g/mol. The molecule has 2 aromatic carbocycles. The number of para-hydroxylation sites is 2. The molecule has 0 saturated carbocycles. The molecule has 5 rings (SSSR count). The first-order valence-electron chi connectivity index (χ1n) is 9.88. The van der Waals surface area contributed by atoms with E-state index in [-0.39, 0.29) is 5.69 Å². The van der Waals surface area contributed by atoms with Crippen molar-refractivity contribution in [2.75, 3.05) is 5.01 Å². The number of rotatable bonds is 4. The standard InChI is InChI=1S/C24H15F3N4OS/c25-24(26,27)22-19(23(32)31(29-22)18-10-5-2-6-11-18)14-16-15-30(17-8-3-1-4-9-17)28-21(16)20-12-7-13-33-20/h1-15H. The van der Waals surface area contributed by atoms with Gasteiger partial charge in [-0.1, -0.05) is 42.5 Å². The van der Waals surface area contributed by atoms with Gasteiger partial charge < -0.3 is 0 Å². The number of hydrogen-bond donors (Lipinski definition) is 0. The van der Waals surface area contributed by atoms with Crippen molar-refractivity contribution in [3.63, 3.8) is 0 Å². The predicted octanol–water partition coefficient (Wildman–Crippen LogP) is 5.95. The third-order valence-corrected chi connectivity index (χ3v) is 5.84. The summed E-state index contributed by atoms with van der Waals surface area (Å²) in [4.78, 5) is 13.8. The van der Waals surface area contributed by atoms with Gasteiger partial charge in [0.25, 0.3) is 5.91 Å². The number of hydrazone groups is 1. The van der Waals surface area contributed by atoms with Crippen LogP contribution in [0.15, 0.2) is 95.0 Å². The van der Waals surface area contributed by atoms with E-state index in [0.29, 0.717) is 11.3 Å². The number of carbonyl (C=O) groups excluding carboxylic acids is 1. The maximum absolute atomic E-state index is 13.9. The number of amides is 1. The fourth-order valence-corrected chi connectivity index (χ4v) is 4.20. The Morgan fingerprint density at radius 2 is 1.55 bits per heavy atom. The number of aromatic nitrogens is 2. The number of carbonyl (C=O) groups is 1. The van der Waals surface area contributed by atoms with Gasteiger partial charge in [-0.25, -0.2) is 4.68 Å². The Kier molecular flexibility index (Phi) is 5.18. The van der Waals surface area contributed by atoms with E-state index in [1.54, 1.807) is 29.1 Å². The van der Waals surface area contributed by atoms with E-state index in [2.05, 4.69) is 10.2 Å². The lowest BCUT2D eigenvalue weighted by atomic mass is 10.1. The smallest absolute Gasteiger partial charge is 0.267 e. The fourth-order valence-electron chi connectivity index (χ4n) is 3.46. The first-order valence-corrected chi connectivity index (χ1v) is 10.8. The van der Waals surface area contributed by atoms with Gasteiger partial charge in [-0.3, -0.25) is 4.79 Å². The summed E-state index contributed by atoms with van der Waals surface area (Å²) in [6, 6.07) is 20.9. The molecular formula is C24H15F3N4OS. The molecule has 0 aliphatic carbocycles. The van der Waals surface area contributed by atoms with Crippen molar-refractivity contribution in [1.82, 2.24) is 9.78 Å². The van der Waals surface area contributed by atoms with Gasteiger partial charge in [0, 0.05) is 11.8 Å². The molecule has 0 radical (unpaired) electrons. The van der Waals surface area contributed by atoms with Crippen molar-refractivity contribution in [3.05, 3.63) is 95.5 Å². The molecule has 4 aromatic rings. The molecule has 1 amide bonds. The number of nitrogens with zero attached hydrogens (tertiary/aromatic N) is 4. The highest BCUT2D eigenvalue weighted by Crippen LogP contribution is 2.35. The highest BCUT2D eigenvalue weighted by molar-refractivity contribution is 7.13. The Morgan fingerprint density at radius 3 is 2.15 bits per heavy atom. The number of anilines is 1. The topological polar surface area (TPSA) is 50.5 Å². The summed E-state index contributed by atoms with van der Waals surface area (Å²) in [6.45, 7) is 0. The molecule has 0 fully saturated rings. The maximum Gasteiger partial charge on any atom is 0.435 e. The second-order valence-corrected chi connectivity index (χ2v) is 8.10.